The second kappa shape index (κ2) is 16.3. The molecule has 0 bridgehead atoms. The van der Waals surface area contributed by atoms with Crippen molar-refractivity contribution in [2.24, 2.45) is 5.92 Å². The van der Waals surface area contributed by atoms with Crippen molar-refractivity contribution in [1.29, 1.82) is 0 Å². The monoisotopic (exact) mass is 660 g/mol. The number of ether oxygens (including phenoxy) is 2. The average Bonchev–Trinajstić information content (AvgIpc) is 2.98. The predicted molar refractivity (Wildman–Crippen MR) is 174 cm³/mol. The lowest BCUT2D eigenvalue weighted by molar-refractivity contribution is -0.133. The van der Waals surface area contributed by atoms with Crippen molar-refractivity contribution in [3.05, 3.63) is 46.2 Å². The van der Waals surface area contributed by atoms with Gasteiger partial charge in [0, 0.05) is 59.0 Å². The lowest BCUT2D eigenvalue weighted by Gasteiger charge is -2.33. The molecular weight excluding hydrogens is 616 g/mol. The fraction of sp³-hybridized carbons (Fsp3) is 0.548. The molecule has 0 spiro atoms. The number of hydrogen-bond donors (Lipinski definition) is 4. The first-order valence-electron chi connectivity index (χ1n) is 15.2. The molecule has 1 aromatic heterocycles. The SMILES string of the molecule is Cc1ccccc1C[C@@H](CNC(=O)c1nc(Cl)c(N)nc1N)CN(C)C(=O)OC1CCN(C(=O)CCNC(=O)OC(C)(C)C)CC1. The van der Waals surface area contributed by atoms with Crippen LogP contribution < -0.4 is 22.1 Å². The van der Waals surface area contributed by atoms with Crippen LogP contribution in [0.5, 0.6) is 0 Å². The summed E-state index contributed by atoms with van der Waals surface area (Å²) >= 11 is 5.94. The Labute approximate surface area is 274 Å². The van der Waals surface area contributed by atoms with Crippen molar-refractivity contribution in [2.75, 3.05) is 51.2 Å². The Morgan fingerprint density at radius 2 is 1.76 bits per heavy atom. The summed E-state index contributed by atoms with van der Waals surface area (Å²) in [4.78, 5) is 61.4. The maximum absolute atomic E-state index is 13.1. The van der Waals surface area contributed by atoms with E-state index >= 15 is 0 Å². The number of nitrogens with zero attached hydrogens (tertiary/aromatic N) is 4. The van der Waals surface area contributed by atoms with Crippen LogP contribution in [0.3, 0.4) is 0 Å². The first-order valence-corrected chi connectivity index (χ1v) is 15.6. The van der Waals surface area contributed by atoms with Gasteiger partial charge in [0.15, 0.2) is 22.5 Å². The van der Waals surface area contributed by atoms with Crippen molar-refractivity contribution >= 4 is 47.2 Å². The fourth-order valence-electron chi connectivity index (χ4n) is 4.94. The molecule has 15 heteroatoms. The number of nitrogen functional groups attached to an aromatic ring is 2. The third-order valence-electron chi connectivity index (χ3n) is 7.35. The van der Waals surface area contributed by atoms with Crippen LogP contribution in [0.4, 0.5) is 21.2 Å². The normalized spacial score (nSPS) is 14.3. The van der Waals surface area contributed by atoms with Crippen molar-refractivity contribution in [2.45, 2.75) is 65.1 Å². The first-order chi connectivity index (χ1) is 21.6. The Balaban J connectivity index is 1.51. The van der Waals surface area contributed by atoms with Crippen LogP contribution >= 0.6 is 11.6 Å². The second-order valence-corrected chi connectivity index (χ2v) is 12.7. The predicted octanol–water partition coefficient (Wildman–Crippen LogP) is 3.17. The number of nitrogens with one attached hydrogen (secondary N) is 2. The summed E-state index contributed by atoms with van der Waals surface area (Å²) in [5, 5.41) is 5.30. The smallest absolute Gasteiger partial charge is 0.409 e. The summed E-state index contributed by atoms with van der Waals surface area (Å²) in [5.74, 6) is -1.05. The number of rotatable bonds is 11. The van der Waals surface area contributed by atoms with Crippen LogP contribution in [0.25, 0.3) is 0 Å². The Kier molecular flexibility index (Phi) is 12.8. The van der Waals surface area contributed by atoms with Gasteiger partial charge in [0.25, 0.3) is 5.91 Å². The van der Waals surface area contributed by atoms with E-state index in [0.29, 0.717) is 38.9 Å². The third-order valence-corrected chi connectivity index (χ3v) is 7.63. The molecule has 0 saturated carbocycles. The number of amides is 4. The quantitative estimate of drug-likeness (QED) is 0.278. The largest absolute Gasteiger partial charge is 0.446 e. The van der Waals surface area contributed by atoms with Crippen molar-refractivity contribution < 1.29 is 28.7 Å². The highest BCUT2D eigenvalue weighted by Gasteiger charge is 2.28. The van der Waals surface area contributed by atoms with Crippen molar-refractivity contribution in [3.63, 3.8) is 0 Å². The van der Waals surface area contributed by atoms with Crippen LogP contribution in [0.2, 0.25) is 5.15 Å². The van der Waals surface area contributed by atoms with Gasteiger partial charge in [-0.3, -0.25) is 9.59 Å². The zero-order chi connectivity index (χ0) is 34.0. The molecule has 0 radical (unpaired) electrons. The molecule has 4 amide bonds. The minimum atomic E-state index is -0.614. The number of carbonyl (C=O) groups excluding carboxylic acids is 4. The number of benzene rings is 1. The van der Waals surface area contributed by atoms with Gasteiger partial charge in [-0.15, -0.1) is 0 Å². The number of piperidine rings is 1. The zero-order valence-corrected chi connectivity index (χ0v) is 27.9. The van der Waals surface area contributed by atoms with Crippen LogP contribution in [0.1, 0.15) is 61.6 Å². The highest BCUT2D eigenvalue weighted by molar-refractivity contribution is 6.31. The second-order valence-electron chi connectivity index (χ2n) is 12.4. The lowest BCUT2D eigenvalue weighted by atomic mass is 9.95. The number of aryl methyl sites for hydroxylation is 1. The first kappa shape index (κ1) is 36.1. The van der Waals surface area contributed by atoms with E-state index in [4.69, 9.17) is 32.5 Å². The molecule has 46 heavy (non-hydrogen) atoms. The molecule has 0 aliphatic carbocycles. The van der Waals surface area contributed by atoms with Gasteiger partial charge >= 0.3 is 12.2 Å². The van der Waals surface area contributed by atoms with Crippen LogP contribution in [0.15, 0.2) is 24.3 Å². The fourth-order valence-corrected chi connectivity index (χ4v) is 5.07. The molecule has 2 aromatic rings. The van der Waals surface area contributed by atoms with E-state index in [-0.39, 0.29) is 59.9 Å². The number of alkyl carbamates (subject to hydrolysis) is 1. The molecule has 252 valence electrons. The van der Waals surface area contributed by atoms with Gasteiger partial charge in [-0.1, -0.05) is 35.9 Å². The number of halogens is 1. The summed E-state index contributed by atoms with van der Waals surface area (Å²) in [6, 6.07) is 7.90. The average molecular weight is 661 g/mol. The molecule has 1 aliphatic rings. The van der Waals surface area contributed by atoms with Crippen LogP contribution in [0, 0.1) is 12.8 Å². The van der Waals surface area contributed by atoms with Gasteiger partial charge < -0.3 is 41.4 Å². The molecule has 14 nitrogen and oxygen atoms in total. The number of likely N-dealkylation sites (tertiary alicyclic amines) is 1. The van der Waals surface area contributed by atoms with Crippen LogP contribution in [-0.4, -0.2) is 95.2 Å². The Morgan fingerprint density at radius 3 is 2.41 bits per heavy atom. The summed E-state index contributed by atoms with van der Waals surface area (Å²) in [7, 11) is 1.65. The molecule has 2 heterocycles. The number of hydrogen-bond acceptors (Lipinski definition) is 10. The van der Waals surface area contributed by atoms with E-state index in [1.807, 2.05) is 31.2 Å². The van der Waals surface area contributed by atoms with Crippen molar-refractivity contribution in [3.8, 4) is 0 Å². The highest BCUT2D eigenvalue weighted by Crippen LogP contribution is 2.20. The molecular formula is C31H45ClN8O6. The lowest BCUT2D eigenvalue weighted by Crippen LogP contribution is -2.44. The Morgan fingerprint density at radius 1 is 1.09 bits per heavy atom. The number of carbonyl (C=O) groups is 4. The molecule has 1 aliphatic heterocycles. The number of anilines is 2. The summed E-state index contributed by atoms with van der Waals surface area (Å²) < 4.78 is 11.0. The topological polar surface area (TPSA) is 195 Å². The van der Waals surface area contributed by atoms with E-state index in [0.717, 1.165) is 11.1 Å². The van der Waals surface area contributed by atoms with Crippen LogP contribution in [-0.2, 0) is 20.7 Å². The van der Waals surface area contributed by atoms with E-state index < -0.39 is 23.7 Å². The minimum absolute atomic E-state index is 0.0712. The Hall–Kier alpha value is -4.33. The molecule has 3 rings (SSSR count). The van der Waals surface area contributed by atoms with Gasteiger partial charge in [-0.2, -0.15) is 0 Å². The third kappa shape index (κ3) is 11.2. The molecule has 6 N–H and O–H groups in total. The number of nitrogens with two attached hydrogens (primary N) is 2. The van der Waals surface area contributed by atoms with E-state index in [9.17, 15) is 19.2 Å². The summed E-state index contributed by atoms with van der Waals surface area (Å²) in [6.07, 6.45) is 0.329. The summed E-state index contributed by atoms with van der Waals surface area (Å²) in [5.41, 5.74) is 12.9. The maximum Gasteiger partial charge on any atom is 0.409 e. The maximum atomic E-state index is 13.1. The zero-order valence-electron chi connectivity index (χ0n) is 27.1. The summed E-state index contributed by atoms with van der Waals surface area (Å²) in [6.45, 7) is 8.86. The molecule has 1 atom stereocenters. The Bertz CT molecular complexity index is 1390. The van der Waals surface area contributed by atoms with E-state index in [2.05, 4.69) is 20.6 Å². The van der Waals surface area contributed by atoms with Gasteiger partial charge in [-0.25, -0.2) is 19.6 Å². The molecule has 1 saturated heterocycles. The van der Waals surface area contributed by atoms with Crippen molar-refractivity contribution in [1.82, 2.24) is 30.4 Å². The van der Waals surface area contributed by atoms with E-state index in [1.165, 1.54) is 4.90 Å². The number of aromatic nitrogens is 2. The molecule has 1 fully saturated rings. The highest BCUT2D eigenvalue weighted by atomic mass is 35.5. The van der Waals surface area contributed by atoms with Gasteiger partial charge in [0.05, 0.1) is 0 Å². The van der Waals surface area contributed by atoms with Gasteiger partial charge in [0.1, 0.15) is 11.7 Å². The standard InChI is InChI=1S/C31H45ClN8O6/c1-19-8-6-7-9-21(19)16-20(17-36-28(42)24-26(33)38-27(34)25(32)37-24)18-39(5)30(44)45-22-11-14-40(15-12-22)23(41)10-13-35-29(43)46-31(2,3)4/h6-9,20,22H,10-18H2,1-5H3,(H,35,43)(H,36,42)(H4,33,34,38)/t20-/m0/s1. The van der Waals surface area contributed by atoms with Gasteiger partial charge in [-0.05, 0) is 51.2 Å². The van der Waals surface area contributed by atoms with Gasteiger partial charge in [0.2, 0.25) is 5.91 Å². The molecule has 0 unspecified atom stereocenters. The molecule has 1 aromatic carbocycles. The van der Waals surface area contributed by atoms with E-state index in [1.54, 1.807) is 32.7 Å². The minimum Gasteiger partial charge on any atom is -0.446 e.